The third kappa shape index (κ3) is 3.09. The number of hydrogen-bond acceptors (Lipinski definition) is 4. The highest BCUT2D eigenvalue weighted by Crippen LogP contribution is 2.44. The number of ether oxygens (including phenoxy) is 1. The Bertz CT molecular complexity index is 520. The lowest BCUT2D eigenvalue weighted by molar-refractivity contribution is 0.0998. The summed E-state index contributed by atoms with van der Waals surface area (Å²) in [6.45, 7) is 7.41. The average molecular weight is 354 g/mol. The van der Waals surface area contributed by atoms with E-state index in [1.54, 1.807) is 0 Å². The number of halogens is 1. The minimum atomic E-state index is 0.331. The molecule has 3 rings (SSSR count). The molecule has 0 amide bonds. The third-order valence-corrected chi connectivity index (χ3v) is 5.15. The average Bonchev–Trinajstić information content (AvgIpc) is 3.05. The number of rotatable bonds is 5. The van der Waals surface area contributed by atoms with Crippen LogP contribution in [0.15, 0.2) is 4.47 Å². The van der Waals surface area contributed by atoms with Gasteiger partial charge in [0.25, 0.3) is 0 Å². The highest BCUT2D eigenvalue weighted by molar-refractivity contribution is 9.10. The fourth-order valence-electron chi connectivity index (χ4n) is 3.39. The first kappa shape index (κ1) is 15.2. The van der Waals surface area contributed by atoms with E-state index < -0.39 is 0 Å². The summed E-state index contributed by atoms with van der Waals surface area (Å²) in [6.07, 6.45) is 5.18. The van der Waals surface area contributed by atoms with Gasteiger partial charge >= 0.3 is 0 Å². The quantitative estimate of drug-likeness (QED) is 0.871. The molecule has 0 saturated carbocycles. The summed E-state index contributed by atoms with van der Waals surface area (Å²) in [4.78, 5) is 9.66. The van der Waals surface area contributed by atoms with Crippen molar-refractivity contribution >= 4 is 21.7 Å². The molecular weight excluding hydrogens is 330 g/mol. The molecule has 1 N–H and O–H groups in total. The fourth-order valence-corrected chi connectivity index (χ4v) is 3.87. The summed E-state index contributed by atoms with van der Waals surface area (Å²) in [5.74, 6) is 2.85. The Hall–Kier alpha value is -0.680. The van der Waals surface area contributed by atoms with Crippen LogP contribution in [0.25, 0.3) is 0 Å². The van der Waals surface area contributed by atoms with Crippen molar-refractivity contribution in [1.29, 1.82) is 0 Å². The van der Waals surface area contributed by atoms with E-state index in [0.29, 0.717) is 24.0 Å². The highest BCUT2D eigenvalue weighted by atomic mass is 79.9. The molecule has 2 saturated heterocycles. The van der Waals surface area contributed by atoms with Crippen LogP contribution in [0.5, 0.6) is 0 Å². The Balaban J connectivity index is 1.93. The van der Waals surface area contributed by atoms with Crippen LogP contribution in [0.1, 0.15) is 57.5 Å². The van der Waals surface area contributed by atoms with Crippen LogP contribution in [0.2, 0.25) is 0 Å². The molecule has 0 spiro atoms. The Morgan fingerprint density at radius 1 is 1.33 bits per heavy atom. The second kappa shape index (κ2) is 6.21. The molecular formula is C16H24BrN3O. The number of hydrogen-bond donors (Lipinski definition) is 1. The van der Waals surface area contributed by atoms with Crippen LogP contribution in [-0.4, -0.2) is 28.7 Å². The summed E-state index contributed by atoms with van der Waals surface area (Å²) >= 11 is 3.68. The molecule has 21 heavy (non-hydrogen) atoms. The molecule has 2 bridgehead atoms. The summed E-state index contributed by atoms with van der Waals surface area (Å²) in [5.41, 5.74) is 1.12. The second-order valence-corrected chi connectivity index (χ2v) is 7.33. The molecule has 2 fully saturated rings. The lowest BCUT2D eigenvalue weighted by Gasteiger charge is -2.20. The maximum atomic E-state index is 5.98. The van der Waals surface area contributed by atoms with Crippen molar-refractivity contribution in [2.75, 3.05) is 11.9 Å². The number of nitrogens with one attached hydrogen (secondary N) is 1. The number of aromatic nitrogens is 2. The van der Waals surface area contributed by atoms with Crippen LogP contribution in [0.3, 0.4) is 0 Å². The molecule has 116 valence electrons. The first-order chi connectivity index (χ1) is 10.1. The maximum Gasteiger partial charge on any atom is 0.144 e. The van der Waals surface area contributed by atoms with Gasteiger partial charge in [-0.1, -0.05) is 13.8 Å². The SMILES string of the molecule is CCNc1nc(C2CC3CCC2O3)nc(CC(C)C)c1Br. The standard InChI is InChI=1S/C16H24BrN3O/c1-4-18-16-14(17)12(7-9(2)3)19-15(20-16)11-8-10-5-6-13(11)21-10/h9-11,13H,4-8H2,1-3H3,(H,18,19,20). The zero-order valence-electron chi connectivity index (χ0n) is 13.0. The minimum absolute atomic E-state index is 0.331. The molecule has 3 atom stereocenters. The van der Waals surface area contributed by atoms with E-state index in [9.17, 15) is 0 Å². The molecule has 5 heteroatoms. The van der Waals surface area contributed by atoms with E-state index in [4.69, 9.17) is 14.7 Å². The van der Waals surface area contributed by atoms with Crippen LogP contribution < -0.4 is 5.32 Å². The van der Waals surface area contributed by atoms with Gasteiger partial charge in [-0.2, -0.15) is 0 Å². The van der Waals surface area contributed by atoms with E-state index in [-0.39, 0.29) is 0 Å². The van der Waals surface area contributed by atoms with Gasteiger partial charge in [0.1, 0.15) is 11.6 Å². The topological polar surface area (TPSA) is 47.0 Å². The molecule has 4 nitrogen and oxygen atoms in total. The van der Waals surface area contributed by atoms with Gasteiger partial charge in [0.2, 0.25) is 0 Å². The smallest absolute Gasteiger partial charge is 0.144 e. The summed E-state index contributed by atoms with van der Waals surface area (Å²) in [6, 6.07) is 0. The predicted octanol–water partition coefficient (Wildman–Crippen LogP) is 3.90. The predicted molar refractivity (Wildman–Crippen MR) is 87.7 cm³/mol. The summed E-state index contributed by atoms with van der Waals surface area (Å²) < 4.78 is 7.00. The van der Waals surface area contributed by atoms with Gasteiger partial charge in [0.15, 0.2) is 0 Å². The van der Waals surface area contributed by atoms with Gasteiger partial charge in [-0.05, 0) is 54.5 Å². The molecule has 0 radical (unpaired) electrons. The van der Waals surface area contributed by atoms with Gasteiger partial charge in [0, 0.05) is 12.5 Å². The first-order valence-electron chi connectivity index (χ1n) is 8.04. The van der Waals surface area contributed by atoms with Crippen molar-refractivity contribution in [3.8, 4) is 0 Å². The van der Waals surface area contributed by atoms with Crippen LogP contribution in [0.4, 0.5) is 5.82 Å². The second-order valence-electron chi connectivity index (χ2n) is 6.54. The lowest BCUT2D eigenvalue weighted by Crippen LogP contribution is -2.19. The van der Waals surface area contributed by atoms with Crippen molar-refractivity contribution in [1.82, 2.24) is 9.97 Å². The Morgan fingerprint density at radius 2 is 2.14 bits per heavy atom. The first-order valence-corrected chi connectivity index (χ1v) is 8.83. The van der Waals surface area contributed by atoms with Gasteiger partial charge in [-0.25, -0.2) is 9.97 Å². The normalized spacial score (nSPS) is 27.6. The molecule has 2 aliphatic heterocycles. The van der Waals surface area contributed by atoms with E-state index >= 15 is 0 Å². The monoisotopic (exact) mass is 353 g/mol. The molecule has 3 unspecified atom stereocenters. The van der Waals surface area contributed by atoms with E-state index in [0.717, 1.165) is 47.6 Å². The van der Waals surface area contributed by atoms with Crippen molar-refractivity contribution in [3.05, 3.63) is 16.0 Å². The van der Waals surface area contributed by atoms with Gasteiger partial charge in [0.05, 0.1) is 22.4 Å². The van der Waals surface area contributed by atoms with E-state index in [2.05, 4.69) is 42.0 Å². The maximum absolute atomic E-state index is 5.98. The van der Waals surface area contributed by atoms with Crippen LogP contribution in [-0.2, 0) is 11.2 Å². The summed E-state index contributed by atoms with van der Waals surface area (Å²) in [7, 11) is 0. The number of nitrogens with zero attached hydrogens (tertiary/aromatic N) is 2. The van der Waals surface area contributed by atoms with Gasteiger partial charge < -0.3 is 10.1 Å². The minimum Gasteiger partial charge on any atom is -0.374 e. The molecule has 0 aromatic carbocycles. The van der Waals surface area contributed by atoms with Crippen LogP contribution >= 0.6 is 15.9 Å². The van der Waals surface area contributed by atoms with Crippen molar-refractivity contribution in [2.24, 2.45) is 5.92 Å². The molecule has 2 aliphatic rings. The van der Waals surface area contributed by atoms with E-state index in [1.165, 1.54) is 6.42 Å². The van der Waals surface area contributed by atoms with Crippen molar-refractivity contribution in [2.45, 2.75) is 64.6 Å². The van der Waals surface area contributed by atoms with Gasteiger partial charge in [-0.3, -0.25) is 0 Å². The Kier molecular flexibility index (Phi) is 4.50. The Morgan fingerprint density at radius 3 is 2.71 bits per heavy atom. The molecule has 0 aliphatic carbocycles. The fraction of sp³-hybridized carbons (Fsp3) is 0.750. The molecule has 1 aromatic rings. The number of anilines is 1. The zero-order valence-corrected chi connectivity index (χ0v) is 14.6. The highest BCUT2D eigenvalue weighted by Gasteiger charge is 2.43. The van der Waals surface area contributed by atoms with Crippen molar-refractivity contribution in [3.63, 3.8) is 0 Å². The third-order valence-electron chi connectivity index (χ3n) is 4.32. The number of fused-ring (bicyclic) bond motifs is 2. The lowest BCUT2D eigenvalue weighted by atomic mass is 9.88. The molecule has 1 aromatic heterocycles. The molecule has 3 heterocycles. The summed E-state index contributed by atoms with van der Waals surface area (Å²) in [5, 5.41) is 3.36. The largest absolute Gasteiger partial charge is 0.374 e. The van der Waals surface area contributed by atoms with Gasteiger partial charge in [-0.15, -0.1) is 0 Å². The van der Waals surface area contributed by atoms with Crippen LogP contribution in [0, 0.1) is 5.92 Å². The zero-order chi connectivity index (χ0) is 15.0. The van der Waals surface area contributed by atoms with E-state index in [1.807, 2.05) is 0 Å². The Labute approximate surface area is 135 Å². The van der Waals surface area contributed by atoms with Crippen molar-refractivity contribution < 1.29 is 4.74 Å².